The van der Waals surface area contributed by atoms with E-state index in [9.17, 15) is 0 Å². The third kappa shape index (κ3) is 3.06. The van der Waals surface area contributed by atoms with E-state index in [-0.39, 0.29) is 0 Å². The first-order valence-corrected chi connectivity index (χ1v) is 4.99. The molecule has 2 N–H and O–H groups in total. The molecule has 0 aliphatic carbocycles. The maximum atomic E-state index is 5.95. The van der Waals surface area contributed by atoms with Crippen molar-refractivity contribution in [1.82, 2.24) is 0 Å². The van der Waals surface area contributed by atoms with E-state index in [1.54, 1.807) is 0 Å². The molecule has 14 heavy (non-hydrogen) atoms. The lowest BCUT2D eigenvalue weighted by Crippen LogP contribution is -2.32. The third-order valence-electron chi connectivity index (χ3n) is 2.09. The molecular weight excluding hydrogens is 194 g/mol. The number of rotatable bonds is 1. The third-order valence-corrected chi connectivity index (χ3v) is 2.42. The molecule has 1 aromatic carbocycles. The molecule has 0 bridgehead atoms. The van der Waals surface area contributed by atoms with Gasteiger partial charge in [0.2, 0.25) is 0 Å². The summed E-state index contributed by atoms with van der Waals surface area (Å²) in [6.07, 6.45) is 0.824. The first-order chi connectivity index (χ1) is 6.55. The molecule has 74 valence electrons. The van der Waals surface area contributed by atoms with Gasteiger partial charge in [-0.3, -0.25) is 0 Å². The fraction of sp³-hybridized carbons (Fsp3) is 0.333. The molecule has 1 nitrogen and oxygen atoms in total. The van der Waals surface area contributed by atoms with Gasteiger partial charge >= 0.3 is 0 Å². The van der Waals surface area contributed by atoms with Crippen LogP contribution >= 0.6 is 11.6 Å². The zero-order valence-electron chi connectivity index (χ0n) is 8.47. The second-order valence-electron chi connectivity index (χ2n) is 3.50. The molecule has 0 amide bonds. The molecule has 0 fully saturated rings. The lowest BCUT2D eigenvalue weighted by atomic mass is 10.0. The minimum atomic E-state index is -0.431. The van der Waals surface area contributed by atoms with E-state index in [2.05, 4.69) is 11.8 Å². The molecule has 0 aliphatic heterocycles. The average molecular weight is 208 g/mol. The van der Waals surface area contributed by atoms with Gasteiger partial charge in [-0.1, -0.05) is 42.5 Å². The lowest BCUT2D eigenvalue weighted by molar-refractivity contribution is 0.586. The van der Waals surface area contributed by atoms with E-state index < -0.39 is 5.54 Å². The van der Waals surface area contributed by atoms with Crippen LogP contribution in [-0.2, 0) is 0 Å². The molecule has 1 rings (SSSR count). The molecule has 0 aromatic heterocycles. The molecule has 1 aromatic rings. The molecule has 0 spiro atoms. The predicted octanol–water partition coefficient (Wildman–Crippen LogP) is 2.82. The van der Waals surface area contributed by atoms with Gasteiger partial charge < -0.3 is 5.73 Å². The maximum absolute atomic E-state index is 5.95. The van der Waals surface area contributed by atoms with Crippen molar-refractivity contribution < 1.29 is 0 Å². The largest absolute Gasteiger partial charge is 0.315 e. The highest BCUT2D eigenvalue weighted by molar-refractivity contribution is 6.31. The molecule has 0 radical (unpaired) electrons. The predicted molar refractivity (Wildman–Crippen MR) is 61.2 cm³/mol. The van der Waals surface area contributed by atoms with Crippen molar-refractivity contribution in [3.63, 3.8) is 0 Å². The lowest BCUT2D eigenvalue weighted by Gasteiger charge is -2.13. The molecule has 0 saturated carbocycles. The van der Waals surface area contributed by atoms with Gasteiger partial charge in [0, 0.05) is 5.56 Å². The fourth-order valence-electron chi connectivity index (χ4n) is 0.861. The van der Waals surface area contributed by atoms with Crippen LogP contribution in [0.2, 0.25) is 5.02 Å². The Balaban J connectivity index is 2.94. The Morgan fingerprint density at radius 2 is 2.07 bits per heavy atom. The van der Waals surface area contributed by atoms with Gasteiger partial charge in [0.05, 0.1) is 10.6 Å². The highest BCUT2D eigenvalue weighted by atomic mass is 35.5. The smallest absolute Gasteiger partial charge is 0.0748 e. The summed E-state index contributed by atoms with van der Waals surface area (Å²) in [5.41, 5.74) is 6.30. The van der Waals surface area contributed by atoms with E-state index in [1.807, 2.05) is 38.1 Å². The summed E-state index contributed by atoms with van der Waals surface area (Å²) in [5.74, 6) is 6.01. The van der Waals surface area contributed by atoms with Crippen LogP contribution in [0.5, 0.6) is 0 Å². The molecule has 0 aliphatic rings. The summed E-state index contributed by atoms with van der Waals surface area (Å²) < 4.78 is 0. The summed E-state index contributed by atoms with van der Waals surface area (Å²) in [6.45, 7) is 3.93. The summed E-state index contributed by atoms with van der Waals surface area (Å²) in [4.78, 5) is 0. The average Bonchev–Trinajstić information content (AvgIpc) is 2.17. The maximum Gasteiger partial charge on any atom is 0.0748 e. The summed E-state index contributed by atoms with van der Waals surface area (Å²) in [5, 5.41) is 0.673. The minimum absolute atomic E-state index is 0.431. The van der Waals surface area contributed by atoms with Crippen molar-refractivity contribution in [1.29, 1.82) is 0 Å². The molecule has 1 atom stereocenters. The van der Waals surface area contributed by atoms with E-state index in [1.165, 1.54) is 0 Å². The topological polar surface area (TPSA) is 26.0 Å². The monoisotopic (exact) mass is 207 g/mol. The Morgan fingerprint density at radius 3 is 2.64 bits per heavy atom. The standard InChI is InChI=1S/C12H14ClN/c1-3-12(2,14)9-8-10-6-4-5-7-11(10)13/h4-7H,3,14H2,1-2H3. The Morgan fingerprint density at radius 1 is 1.43 bits per heavy atom. The van der Waals surface area contributed by atoms with Crippen LogP contribution in [-0.4, -0.2) is 5.54 Å². The van der Waals surface area contributed by atoms with Crippen LogP contribution in [0, 0.1) is 11.8 Å². The van der Waals surface area contributed by atoms with E-state index in [4.69, 9.17) is 17.3 Å². The summed E-state index contributed by atoms with van der Waals surface area (Å²) in [6, 6.07) is 7.51. The quantitative estimate of drug-likeness (QED) is 0.705. The molecule has 0 heterocycles. The van der Waals surface area contributed by atoms with Crippen LogP contribution < -0.4 is 5.73 Å². The van der Waals surface area contributed by atoms with Crippen molar-refractivity contribution in [2.45, 2.75) is 25.8 Å². The second kappa shape index (κ2) is 4.50. The minimum Gasteiger partial charge on any atom is -0.315 e. The zero-order valence-corrected chi connectivity index (χ0v) is 9.23. The summed E-state index contributed by atoms with van der Waals surface area (Å²) in [7, 11) is 0. The number of nitrogens with two attached hydrogens (primary N) is 1. The Kier molecular flexibility index (Phi) is 3.57. The number of benzene rings is 1. The summed E-state index contributed by atoms with van der Waals surface area (Å²) >= 11 is 5.95. The van der Waals surface area contributed by atoms with Gasteiger partial charge in [0.1, 0.15) is 0 Å². The van der Waals surface area contributed by atoms with Gasteiger partial charge in [0.25, 0.3) is 0 Å². The Bertz CT molecular complexity index is 371. The molecule has 0 saturated heterocycles. The van der Waals surface area contributed by atoms with E-state index >= 15 is 0 Å². The van der Waals surface area contributed by atoms with Crippen molar-refractivity contribution in [3.05, 3.63) is 34.9 Å². The van der Waals surface area contributed by atoms with E-state index in [0.717, 1.165) is 12.0 Å². The van der Waals surface area contributed by atoms with Crippen LogP contribution in [0.1, 0.15) is 25.8 Å². The normalized spacial score (nSPS) is 14.0. The van der Waals surface area contributed by atoms with Crippen LogP contribution in [0.3, 0.4) is 0 Å². The van der Waals surface area contributed by atoms with Gasteiger partial charge in [-0.2, -0.15) is 0 Å². The van der Waals surface area contributed by atoms with Crippen LogP contribution in [0.25, 0.3) is 0 Å². The first-order valence-electron chi connectivity index (χ1n) is 4.62. The zero-order chi connectivity index (χ0) is 10.6. The fourth-order valence-corrected chi connectivity index (χ4v) is 1.04. The van der Waals surface area contributed by atoms with Crippen molar-refractivity contribution >= 4 is 11.6 Å². The highest BCUT2D eigenvalue weighted by Crippen LogP contribution is 2.13. The number of halogens is 1. The molecular formula is C12H14ClN. The number of hydrogen-bond donors (Lipinski definition) is 1. The number of hydrogen-bond acceptors (Lipinski definition) is 1. The van der Waals surface area contributed by atoms with Gasteiger partial charge in [-0.05, 0) is 25.5 Å². The van der Waals surface area contributed by atoms with Gasteiger partial charge in [0.15, 0.2) is 0 Å². The van der Waals surface area contributed by atoms with Crippen molar-refractivity contribution in [2.75, 3.05) is 0 Å². The molecule has 1 unspecified atom stereocenters. The van der Waals surface area contributed by atoms with Crippen molar-refractivity contribution in [3.8, 4) is 11.8 Å². The Labute approximate surface area is 90.3 Å². The SMILES string of the molecule is CCC(C)(N)C#Cc1ccccc1Cl. The highest BCUT2D eigenvalue weighted by Gasteiger charge is 2.10. The van der Waals surface area contributed by atoms with Gasteiger partial charge in [-0.25, -0.2) is 0 Å². The van der Waals surface area contributed by atoms with Crippen LogP contribution in [0.4, 0.5) is 0 Å². The molecule has 2 heteroatoms. The van der Waals surface area contributed by atoms with Crippen LogP contribution in [0.15, 0.2) is 24.3 Å². The van der Waals surface area contributed by atoms with E-state index in [0.29, 0.717) is 5.02 Å². The first kappa shape index (κ1) is 11.1. The second-order valence-corrected chi connectivity index (χ2v) is 3.91. The Hall–Kier alpha value is -0.970. The van der Waals surface area contributed by atoms with Crippen molar-refractivity contribution in [2.24, 2.45) is 5.73 Å². The van der Waals surface area contributed by atoms with Gasteiger partial charge in [-0.15, -0.1) is 0 Å².